The van der Waals surface area contributed by atoms with Gasteiger partial charge in [-0.3, -0.25) is 0 Å². The van der Waals surface area contributed by atoms with Crippen LogP contribution in [0.5, 0.6) is 5.75 Å². The van der Waals surface area contributed by atoms with E-state index in [0.29, 0.717) is 0 Å². The Kier molecular flexibility index (Phi) is 11.7. The van der Waals surface area contributed by atoms with Crippen molar-refractivity contribution in [1.82, 2.24) is 5.32 Å². The lowest BCUT2D eigenvalue weighted by molar-refractivity contribution is -0.159. The summed E-state index contributed by atoms with van der Waals surface area (Å²) in [4.78, 5) is 18.2. The van der Waals surface area contributed by atoms with Crippen LogP contribution < -0.4 is 10.1 Å². The number of benzene rings is 2. The number of carboxylic acids is 2. The predicted octanol–water partition coefficient (Wildman–Crippen LogP) is 2.90. The van der Waals surface area contributed by atoms with Gasteiger partial charge in [-0.1, -0.05) is 48.5 Å². The monoisotopic (exact) mass is 389 g/mol. The molecule has 0 fully saturated rings. The largest absolute Gasteiger partial charge is 0.493 e. The third-order valence-corrected chi connectivity index (χ3v) is 3.64. The number of methoxy groups -OCH3 is 1. The number of unbranched alkanes of at least 4 members (excludes halogenated alkanes) is 1. The molecule has 0 aliphatic carbocycles. The highest BCUT2D eigenvalue weighted by Gasteiger charge is 2.05. The molecule has 0 unspecified atom stereocenters. The van der Waals surface area contributed by atoms with Gasteiger partial charge in [0, 0.05) is 19.2 Å². The number of aliphatic carboxylic acids is 2. The number of carboxylic acid groups (broad SMARTS) is 2. The van der Waals surface area contributed by atoms with Gasteiger partial charge in [0.05, 0.1) is 13.2 Å². The molecule has 2 aromatic rings. The molecule has 0 aromatic heterocycles. The van der Waals surface area contributed by atoms with E-state index in [0.717, 1.165) is 50.5 Å². The van der Waals surface area contributed by atoms with E-state index in [4.69, 9.17) is 29.3 Å². The summed E-state index contributed by atoms with van der Waals surface area (Å²) in [6.45, 7) is 3.43. The summed E-state index contributed by atoms with van der Waals surface area (Å²) in [5.74, 6) is -2.69. The Hall–Kier alpha value is -2.90. The Bertz CT molecular complexity index is 693. The normalized spacial score (nSPS) is 9.89. The van der Waals surface area contributed by atoms with Crippen LogP contribution in [0.15, 0.2) is 54.6 Å². The van der Waals surface area contributed by atoms with Crippen molar-refractivity contribution in [1.29, 1.82) is 0 Å². The molecule has 2 rings (SSSR count). The Morgan fingerprint density at radius 2 is 1.50 bits per heavy atom. The Balaban J connectivity index is 0.000000568. The first-order valence-electron chi connectivity index (χ1n) is 8.99. The Labute approximate surface area is 164 Å². The fourth-order valence-corrected chi connectivity index (χ4v) is 2.28. The smallest absolute Gasteiger partial charge is 0.414 e. The molecule has 0 bridgehead atoms. The topological polar surface area (TPSA) is 105 Å². The Morgan fingerprint density at radius 3 is 2.14 bits per heavy atom. The van der Waals surface area contributed by atoms with Crippen LogP contribution >= 0.6 is 0 Å². The molecular formula is C21H27NO6. The van der Waals surface area contributed by atoms with Gasteiger partial charge in [0.15, 0.2) is 0 Å². The molecule has 0 atom stereocenters. The van der Waals surface area contributed by atoms with Crippen LogP contribution in [0, 0.1) is 0 Å². The van der Waals surface area contributed by atoms with E-state index in [1.807, 2.05) is 18.2 Å². The molecule has 2 aromatic carbocycles. The third kappa shape index (κ3) is 9.70. The second-order valence-corrected chi connectivity index (χ2v) is 5.77. The molecule has 0 heterocycles. The van der Waals surface area contributed by atoms with Gasteiger partial charge in [-0.2, -0.15) is 0 Å². The highest BCUT2D eigenvalue weighted by Crippen LogP contribution is 2.29. The first-order valence-corrected chi connectivity index (χ1v) is 8.99. The molecule has 0 saturated carbocycles. The minimum Gasteiger partial charge on any atom is -0.493 e. The van der Waals surface area contributed by atoms with Crippen molar-refractivity contribution in [3.05, 3.63) is 54.6 Å². The maximum absolute atomic E-state index is 9.10. The molecule has 0 aliphatic rings. The van der Waals surface area contributed by atoms with Crippen LogP contribution in [0.3, 0.4) is 0 Å². The molecule has 0 spiro atoms. The number of nitrogens with one attached hydrogen (secondary N) is 1. The van der Waals surface area contributed by atoms with Gasteiger partial charge in [-0.15, -0.1) is 0 Å². The first kappa shape index (κ1) is 23.1. The number of para-hydroxylation sites is 1. The number of carbonyl (C=O) groups is 2. The molecule has 0 radical (unpaired) electrons. The minimum absolute atomic E-state index is 0.746. The number of ether oxygens (including phenoxy) is 2. The second kappa shape index (κ2) is 14.2. The lowest BCUT2D eigenvalue weighted by Gasteiger charge is -2.11. The van der Waals surface area contributed by atoms with E-state index in [-0.39, 0.29) is 0 Å². The van der Waals surface area contributed by atoms with Crippen molar-refractivity contribution in [2.45, 2.75) is 12.8 Å². The summed E-state index contributed by atoms with van der Waals surface area (Å²) >= 11 is 0. The number of hydrogen-bond acceptors (Lipinski definition) is 5. The molecule has 7 nitrogen and oxygen atoms in total. The Morgan fingerprint density at radius 1 is 0.857 bits per heavy atom. The average molecular weight is 389 g/mol. The van der Waals surface area contributed by atoms with E-state index < -0.39 is 11.9 Å². The lowest BCUT2D eigenvalue weighted by Crippen LogP contribution is -2.20. The lowest BCUT2D eigenvalue weighted by atomic mass is 10.1. The summed E-state index contributed by atoms with van der Waals surface area (Å²) in [6.07, 6.45) is 2.15. The predicted molar refractivity (Wildman–Crippen MR) is 107 cm³/mol. The fourth-order valence-electron chi connectivity index (χ4n) is 2.28. The summed E-state index contributed by atoms with van der Waals surface area (Å²) in [5.41, 5.74) is 2.35. The van der Waals surface area contributed by atoms with Gasteiger partial charge in [-0.05, 0) is 31.0 Å². The second-order valence-electron chi connectivity index (χ2n) is 5.77. The highest BCUT2D eigenvalue weighted by atomic mass is 16.5. The quantitative estimate of drug-likeness (QED) is 0.424. The third-order valence-electron chi connectivity index (χ3n) is 3.64. The average Bonchev–Trinajstić information content (AvgIpc) is 2.71. The standard InChI is InChI=1S/C19H25NO2.C2H2O4/c1-21-16-14-20-13-7-8-15-22-19-12-6-5-11-18(19)17-9-3-2-4-10-17;3-1(4)2(5)6/h2-6,9-12,20H,7-8,13-16H2,1H3;(H,3,4)(H,5,6). The van der Waals surface area contributed by atoms with Crippen molar-refractivity contribution in [2.24, 2.45) is 0 Å². The molecule has 152 valence electrons. The van der Waals surface area contributed by atoms with Crippen LogP contribution in [-0.2, 0) is 14.3 Å². The molecule has 0 amide bonds. The van der Waals surface area contributed by atoms with Crippen molar-refractivity contribution in [2.75, 3.05) is 33.4 Å². The summed E-state index contributed by atoms with van der Waals surface area (Å²) in [5, 5.41) is 18.1. The minimum atomic E-state index is -1.82. The van der Waals surface area contributed by atoms with Crippen molar-refractivity contribution in [3.8, 4) is 16.9 Å². The number of rotatable bonds is 10. The molecule has 0 aliphatic heterocycles. The summed E-state index contributed by atoms with van der Waals surface area (Å²) in [7, 11) is 1.72. The SMILES string of the molecule is COCCNCCCCOc1ccccc1-c1ccccc1.O=C(O)C(=O)O. The zero-order valence-corrected chi connectivity index (χ0v) is 16.0. The van der Waals surface area contributed by atoms with Crippen LogP contribution in [0.2, 0.25) is 0 Å². The summed E-state index contributed by atoms with van der Waals surface area (Å²) < 4.78 is 11.0. The molecular weight excluding hydrogens is 362 g/mol. The number of hydrogen-bond donors (Lipinski definition) is 3. The van der Waals surface area contributed by atoms with Crippen molar-refractivity contribution < 1.29 is 29.3 Å². The van der Waals surface area contributed by atoms with Gasteiger partial charge in [0.1, 0.15) is 5.75 Å². The van der Waals surface area contributed by atoms with Crippen LogP contribution in [0.25, 0.3) is 11.1 Å². The van der Waals surface area contributed by atoms with E-state index in [1.165, 1.54) is 5.56 Å². The van der Waals surface area contributed by atoms with E-state index in [2.05, 4.69) is 41.7 Å². The maximum atomic E-state index is 9.10. The zero-order chi connectivity index (χ0) is 20.6. The fraction of sp³-hybridized carbons (Fsp3) is 0.333. The molecule has 7 heteroatoms. The van der Waals surface area contributed by atoms with E-state index in [9.17, 15) is 0 Å². The van der Waals surface area contributed by atoms with E-state index in [1.54, 1.807) is 7.11 Å². The molecule has 0 saturated heterocycles. The van der Waals surface area contributed by atoms with Gasteiger partial charge >= 0.3 is 11.9 Å². The van der Waals surface area contributed by atoms with Gasteiger partial charge in [0.25, 0.3) is 0 Å². The first-order chi connectivity index (χ1) is 13.6. The zero-order valence-electron chi connectivity index (χ0n) is 16.0. The van der Waals surface area contributed by atoms with Crippen molar-refractivity contribution in [3.63, 3.8) is 0 Å². The van der Waals surface area contributed by atoms with Gasteiger partial charge in [0.2, 0.25) is 0 Å². The highest BCUT2D eigenvalue weighted by molar-refractivity contribution is 6.27. The van der Waals surface area contributed by atoms with Crippen LogP contribution in [0.1, 0.15) is 12.8 Å². The molecule has 3 N–H and O–H groups in total. The summed E-state index contributed by atoms with van der Waals surface area (Å²) in [6, 6.07) is 18.6. The van der Waals surface area contributed by atoms with Crippen LogP contribution in [-0.4, -0.2) is 55.6 Å². The molecule has 28 heavy (non-hydrogen) atoms. The van der Waals surface area contributed by atoms with Gasteiger partial charge < -0.3 is 25.0 Å². The van der Waals surface area contributed by atoms with Crippen LogP contribution in [0.4, 0.5) is 0 Å². The van der Waals surface area contributed by atoms with E-state index >= 15 is 0 Å². The maximum Gasteiger partial charge on any atom is 0.414 e. The van der Waals surface area contributed by atoms with Crippen molar-refractivity contribution >= 4 is 11.9 Å². The van der Waals surface area contributed by atoms with Gasteiger partial charge in [-0.25, -0.2) is 9.59 Å².